The highest BCUT2D eigenvalue weighted by atomic mass is 32.1. The van der Waals surface area contributed by atoms with Gasteiger partial charge in [-0.15, -0.1) is 0 Å². The van der Waals surface area contributed by atoms with E-state index < -0.39 is 17.3 Å². The Morgan fingerprint density at radius 2 is 2.03 bits per heavy atom. The molecule has 0 spiro atoms. The van der Waals surface area contributed by atoms with Gasteiger partial charge in [-0.3, -0.25) is 14.9 Å². The van der Waals surface area contributed by atoms with Crippen LogP contribution in [0.1, 0.15) is 24.2 Å². The second-order valence-corrected chi connectivity index (χ2v) is 8.17. The molecule has 2 aromatic carbocycles. The number of carbonyl (C=O) groups is 1. The van der Waals surface area contributed by atoms with Crippen LogP contribution in [0.3, 0.4) is 0 Å². The fourth-order valence-electron chi connectivity index (χ4n) is 3.25. The van der Waals surface area contributed by atoms with E-state index in [0.29, 0.717) is 27.7 Å². The SMILES string of the molecule is CC(C)Cn1c(=O)c(C(=O)Nc2nc3ccc(F)cc3s2)c(O)c2ccccc21. The van der Waals surface area contributed by atoms with Gasteiger partial charge in [0, 0.05) is 11.9 Å². The van der Waals surface area contributed by atoms with Crippen LogP contribution in [0.4, 0.5) is 9.52 Å². The molecule has 0 aliphatic carbocycles. The lowest BCUT2D eigenvalue weighted by Gasteiger charge is -2.16. The number of benzene rings is 2. The Morgan fingerprint density at radius 3 is 2.79 bits per heavy atom. The number of hydrogen-bond donors (Lipinski definition) is 2. The van der Waals surface area contributed by atoms with Crippen LogP contribution in [0, 0.1) is 11.7 Å². The molecule has 0 atom stereocenters. The molecule has 2 heterocycles. The smallest absolute Gasteiger partial charge is 0.267 e. The predicted octanol–water partition coefficient (Wildman–Crippen LogP) is 4.36. The van der Waals surface area contributed by atoms with Crippen molar-refractivity contribution in [1.29, 1.82) is 0 Å². The lowest BCUT2D eigenvalue weighted by molar-refractivity contribution is 0.102. The Kier molecular flexibility index (Phi) is 4.79. The van der Waals surface area contributed by atoms with Crippen LogP contribution >= 0.6 is 11.3 Å². The molecule has 0 radical (unpaired) electrons. The summed E-state index contributed by atoms with van der Waals surface area (Å²) in [6.07, 6.45) is 0. The number of aromatic hydroxyl groups is 1. The molecule has 0 saturated heterocycles. The summed E-state index contributed by atoms with van der Waals surface area (Å²) in [7, 11) is 0. The monoisotopic (exact) mass is 411 g/mol. The van der Waals surface area contributed by atoms with Crippen molar-refractivity contribution in [2.75, 3.05) is 5.32 Å². The second-order valence-electron chi connectivity index (χ2n) is 7.14. The zero-order valence-corrected chi connectivity index (χ0v) is 16.6. The Bertz CT molecular complexity index is 1310. The number of para-hydroxylation sites is 1. The summed E-state index contributed by atoms with van der Waals surface area (Å²) >= 11 is 1.09. The van der Waals surface area contributed by atoms with Crippen molar-refractivity contribution >= 4 is 43.5 Å². The second kappa shape index (κ2) is 7.29. The summed E-state index contributed by atoms with van der Waals surface area (Å²) in [5.41, 5.74) is 0.191. The fourth-order valence-corrected chi connectivity index (χ4v) is 4.14. The van der Waals surface area contributed by atoms with Crippen LogP contribution < -0.4 is 10.9 Å². The molecular formula is C21H18FN3O3S. The average molecular weight is 411 g/mol. The van der Waals surface area contributed by atoms with Gasteiger partial charge in [-0.1, -0.05) is 37.3 Å². The van der Waals surface area contributed by atoms with E-state index in [0.717, 1.165) is 11.3 Å². The van der Waals surface area contributed by atoms with Gasteiger partial charge in [0.2, 0.25) is 0 Å². The predicted molar refractivity (Wildman–Crippen MR) is 112 cm³/mol. The Labute approximate surface area is 169 Å². The largest absolute Gasteiger partial charge is 0.506 e. The number of hydrogen-bond acceptors (Lipinski definition) is 5. The molecular weight excluding hydrogens is 393 g/mol. The number of pyridine rings is 1. The van der Waals surface area contributed by atoms with E-state index in [1.807, 2.05) is 13.8 Å². The summed E-state index contributed by atoms with van der Waals surface area (Å²) in [6.45, 7) is 4.34. The number of rotatable bonds is 4. The molecule has 2 aromatic heterocycles. The van der Waals surface area contributed by atoms with Crippen molar-refractivity contribution < 1.29 is 14.3 Å². The number of amides is 1. The van der Waals surface area contributed by atoms with Gasteiger partial charge in [0.05, 0.1) is 15.7 Å². The van der Waals surface area contributed by atoms with E-state index in [9.17, 15) is 19.1 Å². The molecule has 0 saturated carbocycles. The van der Waals surface area contributed by atoms with Crippen LogP contribution in [-0.4, -0.2) is 20.6 Å². The molecule has 6 nitrogen and oxygen atoms in total. The minimum absolute atomic E-state index is 0.163. The maximum absolute atomic E-state index is 13.4. The van der Waals surface area contributed by atoms with Crippen LogP contribution in [0.15, 0.2) is 47.3 Å². The minimum atomic E-state index is -0.754. The Morgan fingerprint density at radius 1 is 1.28 bits per heavy atom. The van der Waals surface area contributed by atoms with Gasteiger partial charge < -0.3 is 9.67 Å². The van der Waals surface area contributed by atoms with E-state index in [4.69, 9.17) is 0 Å². The van der Waals surface area contributed by atoms with Crippen molar-refractivity contribution in [3.8, 4) is 5.75 Å². The molecule has 8 heteroatoms. The Hall–Kier alpha value is -3.26. The van der Waals surface area contributed by atoms with Gasteiger partial charge in [0.15, 0.2) is 5.13 Å². The quantitative estimate of drug-likeness (QED) is 0.522. The topological polar surface area (TPSA) is 84.2 Å². The lowest BCUT2D eigenvalue weighted by atomic mass is 10.1. The summed E-state index contributed by atoms with van der Waals surface area (Å²) < 4.78 is 15.5. The molecule has 4 rings (SSSR count). The van der Waals surface area contributed by atoms with Gasteiger partial charge in [-0.05, 0) is 36.2 Å². The highest BCUT2D eigenvalue weighted by Crippen LogP contribution is 2.29. The standard InChI is InChI=1S/C21H18FN3O3S/c1-11(2)10-25-15-6-4-3-5-13(15)18(26)17(20(25)28)19(27)24-21-23-14-8-7-12(22)9-16(14)29-21/h3-9,11,26H,10H2,1-2H3,(H,23,24,27). The highest BCUT2D eigenvalue weighted by Gasteiger charge is 2.23. The van der Waals surface area contributed by atoms with Crippen molar-refractivity contribution in [3.63, 3.8) is 0 Å². The number of nitrogens with one attached hydrogen (secondary N) is 1. The van der Waals surface area contributed by atoms with Crippen molar-refractivity contribution in [2.24, 2.45) is 5.92 Å². The summed E-state index contributed by atoms with van der Waals surface area (Å²) in [6, 6.07) is 11.0. The molecule has 2 N–H and O–H groups in total. The first-order valence-corrected chi connectivity index (χ1v) is 9.88. The molecule has 0 fully saturated rings. The van der Waals surface area contributed by atoms with E-state index in [1.165, 1.54) is 22.8 Å². The number of halogens is 1. The van der Waals surface area contributed by atoms with Crippen molar-refractivity contribution in [1.82, 2.24) is 9.55 Å². The van der Waals surface area contributed by atoms with E-state index >= 15 is 0 Å². The third kappa shape index (κ3) is 3.47. The third-order valence-corrected chi connectivity index (χ3v) is 5.43. The first-order chi connectivity index (χ1) is 13.8. The summed E-state index contributed by atoms with van der Waals surface area (Å²) in [5, 5.41) is 13.9. The first-order valence-electron chi connectivity index (χ1n) is 9.07. The van der Waals surface area contributed by atoms with Crippen LogP contribution in [-0.2, 0) is 6.54 Å². The van der Waals surface area contributed by atoms with Crippen LogP contribution in [0.25, 0.3) is 21.1 Å². The van der Waals surface area contributed by atoms with Gasteiger partial charge in [-0.2, -0.15) is 0 Å². The number of thiazole rings is 1. The molecule has 0 unspecified atom stereocenters. The average Bonchev–Trinajstić information content (AvgIpc) is 3.06. The summed E-state index contributed by atoms with van der Waals surface area (Å²) in [4.78, 5) is 30.2. The zero-order valence-electron chi connectivity index (χ0n) is 15.8. The third-order valence-electron chi connectivity index (χ3n) is 4.49. The first kappa shape index (κ1) is 19.1. The molecule has 29 heavy (non-hydrogen) atoms. The maximum Gasteiger partial charge on any atom is 0.267 e. The molecule has 4 aromatic rings. The number of fused-ring (bicyclic) bond motifs is 2. The van der Waals surface area contributed by atoms with Gasteiger partial charge in [0.25, 0.3) is 11.5 Å². The number of carbonyl (C=O) groups excluding carboxylic acids is 1. The van der Waals surface area contributed by atoms with E-state index in [-0.39, 0.29) is 22.4 Å². The van der Waals surface area contributed by atoms with Gasteiger partial charge >= 0.3 is 0 Å². The van der Waals surface area contributed by atoms with Crippen LogP contribution in [0.2, 0.25) is 0 Å². The molecule has 0 aliphatic rings. The molecule has 0 bridgehead atoms. The highest BCUT2D eigenvalue weighted by molar-refractivity contribution is 7.22. The van der Waals surface area contributed by atoms with Gasteiger partial charge in [-0.25, -0.2) is 9.37 Å². The number of nitrogens with zero attached hydrogens (tertiary/aromatic N) is 2. The van der Waals surface area contributed by atoms with Crippen molar-refractivity contribution in [2.45, 2.75) is 20.4 Å². The van der Waals surface area contributed by atoms with Crippen molar-refractivity contribution in [3.05, 3.63) is 64.2 Å². The van der Waals surface area contributed by atoms with E-state index in [1.54, 1.807) is 24.3 Å². The molecule has 148 valence electrons. The minimum Gasteiger partial charge on any atom is -0.506 e. The number of anilines is 1. The van der Waals surface area contributed by atoms with Crippen LogP contribution in [0.5, 0.6) is 5.75 Å². The number of aromatic nitrogens is 2. The molecule has 0 aliphatic heterocycles. The lowest BCUT2D eigenvalue weighted by Crippen LogP contribution is -2.31. The molecule has 1 amide bonds. The Balaban J connectivity index is 1.81. The van der Waals surface area contributed by atoms with E-state index in [2.05, 4.69) is 10.3 Å². The zero-order chi connectivity index (χ0) is 20.7. The normalized spacial score (nSPS) is 11.4. The van der Waals surface area contributed by atoms with Gasteiger partial charge in [0.1, 0.15) is 17.1 Å². The fraction of sp³-hybridized carbons (Fsp3) is 0.190. The maximum atomic E-state index is 13.4. The summed E-state index contributed by atoms with van der Waals surface area (Å²) in [5.74, 6) is -1.36.